The molecule has 7 nitrogen and oxygen atoms in total. The Bertz CT molecular complexity index is 667. The fraction of sp³-hybridized carbons (Fsp3) is 0.474. The zero-order valence-corrected chi connectivity index (χ0v) is 15.5. The topological polar surface area (TPSA) is 66.1 Å². The van der Waals surface area contributed by atoms with E-state index in [9.17, 15) is 0 Å². The normalized spacial score (nSPS) is 17.3. The Morgan fingerprint density at radius 3 is 2.62 bits per heavy atom. The summed E-state index contributed by atoms with van der Waals surface area (Å²) in [5, 5.41) is 7.44. The Hall–Kier alpha value is -2.38. The van der Waals surface area contributed by atoms with Gasteiger partial charge in [-0.1, -0.05) is 35.5 Å². The summed E-state index contributed by atoms with van der Waals surface area (Å²) in [6.07, 6.45) is 1.62. The second-order valence-corrected chi connectivity index (χ2v) is 6.32. The number of methoxy groups -OCH3 is 1. The first-order valence-electron chi connectivity index (χ1n) is 8.95. The van der Waals surface area contributed by atoms with Gasteiger partial charge in [-0.3, -0.25) is 9.89 Å². The minimum absolute atomic E-state index is 0.00130. The van der Waals surface area contributed by atoms with Crippen LogP contribution in [0.25, 0.3) is 0 Å². The van der Waals surface area contributed by atoms with Crippen LogP contribution in [0.2, 0.25) is 0 Å². The van der Waals surface area contributed by atoms with Gasteiger partial charge < -0.3 is 19.5 Å². The van der Waals surface area contributed by atoms with Crippen molar-refractivity contribution in [3.8, 4) is 0 Å². The Balaban J connectivity index is 1.48. The van der Waals surface area contributed by atoms with Crippen LogP contribution < -0.4 is 5.32 Å². The van der Waals surface area contributed by atoms with Crippen LogP contribution in [-0.2, 0) is 11.3 Å². The molecular formula is C19H27N5O2. The number of piperazine rings is 1. The highest BCUT2D eigenvalue weighted by Gasteiger charge is 2.21. The summed E-state index contributed by atoms with van der Waals surface area (Å²) in [4.78, 5) is 9.11. The molecule has 0 saturated carbocycles. The third kappa shape index (κ3) is 4.83. The van der Waals surface area contributed by atoms with E-state index in [2.05, 4.69) is 37.4 Å². The van der Waals surface area contributed by atoms with E-state index in [0.29, 0.717) is 6.54 Å². The molecule has 0 spiro atoms. The summed E-state index contributed by atoms with van der Waals surface area (Å²) in [7, 11) is 3.57. The van der Waals surface area contributed by atoms with Crippen LogP contribution in [0.3, 0.4) is 0 Å². The number of ether oxygens (including phenoxy) is 1. The summed E-state index contributed by atoms with van der Waals surface area (Å²) in [6, 6.07) is 12.2. The highest BCUT2D eigenvalue weighted by molar-refractivity contribution is 5.80. The molecular weight excluding hydrogens is 330 g/mol. The van der Waals surface area contributed by atoms with Crippen molar-refractivity contribution in [2.75, 3.05) is 46.9 Å². The van der Waals surface area contributed by atoms with Crippen molar-refractivity contribution >= 4 is 5.96 Å². The van der Waals surface area contributed by atoms with Gasteiger partial charge in [-0.25, -0.2) is 0 Å². The summed E-state index contributed by atoms with van der Waals surface area (Å²) >= 11 is 0. The molecule has 1 saturated heterocycles. The molecule has 1 aromatic heterocycles. The first kappa shape index (κ1) is 18.4. The van der Waals surface area contributed by atoms with Crippen molar-refractivity contribution in [3.63, 3.8) is 0 Å². The third-order valence-corrected chi connectivity index (χ3v) is 4.66. The molecule has 2 aromatic rings. The molecule has 0 radical (unpaired) electrons. The van der Waals surface area contributed by atoms with E-state index in [-0.39, 0.29) is 6.10 Å². The van der Waals surface area contributed by atoms with E-state index >= 15 is 0 Å². The van der Waals surface area contributed by atoms with E-state index in [0.717, 1.165) is 49.9 Å². The first-order chi connectivity index (χ1) is 12.8. The maximum atomic E-state index is 5.63. The van der Waals surface area contributed by atoms with Crippen LogP contribution in [-0.4, -0.2) is 67.8 Å². The average Bonchev–Trinajstić information content (AvgIpc) is 3.20. The lowest BCUT2D eigenvalue weighted by molar-refractivity contribution is 0.105. The summed E-state index contributed by atoms with van der Waals surface area (Å²) < 4.78 is 10.5. The minimum Gasteiger partial charge on any atom is -0.375 e. The van der Waals surface area contributed by atoms with E-state index in [4.69, 9.17) is 9.26 Å². The maximum absolute atomic E-state index is 5.63. The molecule has 2 heterocycles. The third-order valence-electron chi connectivity index (χ3n) is 4.66. The summed E-state index contributed by atoms with van der Waals surface area (Å²) in [5.74, 6) is 0.920. The highest BCUT2D eigenvalue weighted by Crippen LogP contribution is 2.15. The smallest absolute Gasteiger partial charge is 0.193 e. The van der Waals surface area contributed by atoms with Crippen molar-refractivity contribution in [1.82, 2.24) is 20.3 Å². The molecule has 7 heteroatoms. The molecule has 1 atom stereocenters. The zero-order valence-electron chi connectivity index (χ0n) is 15.5. The number of rotatable bonds is 6. The minimum atomic E-state index is 0.00130. The molecule has 1 aliphatic heterocycles. The van der Waals surface area contributed by atoms with Crippen LogP contribution in [0.15, 0.2) is 52.2 Å². The molecule has 26 heavy (non-hydrogen) atoms. The largest absolute Gasteiger partial charge is 0.375 e. The zero-order chi connectivity index (χ0) is 18.2. The number of hydrogen-bond donors (Lipinski definition) is 1. The number of aromatic nitrogens is 1. The van der Waals surface area contributed by atoms with Gasteiger partial charge in [-0.05, 0) is 5.56 Å². The Labute approximate surface area is 154 Å². The molecule has 1 N–H and O–H groups in total. The van der Waals surface area contributed by atoms with Gasteiger partial charge in [0, 0.05) is 59.5 Å². The van der Waals surface area contributed by atoms with Crippen LogP contribution in [0, 0.1) is 0 Å². The Morgan fingerprint density at radius 1 is 1.23 bits per heavy atom. The van der Waals surface area contributed by atoms with Gasteiger partial charge in [-0.2, -0.15) is 0 Å². The number of nitrogens with one attached hydrogen (secondary N) is 1. The van der Waals surface area contributed by atoms with E-state index in [1.54, 1.807) is 13.4 Å². The lowest BCUT2D eigenvalue weighted by Gasteiger charge is -2.36. The summed E-state index contributed by atoms with van der Waals surface area (Å²) in [5.41, 5.74) is 2.14. The van der Waals surface area contributed by atoms with Gasteiger partial charge in [0.15, 0.2) is 5.96 Å². The quantitative estimate of drug-likeness (QED) is 0.628. The van der Waals surface area contributed by atoms with Gasteiger partial charge in [0.2, 0.25) is 0 Å². The maximum Gasteiger partial charge on any atom is 0.193 e. The summed E-state index contributed by atoms with van der Waals surface area (Å²) in [6.45, 7) is 5.32. The Kier molecular flexibility index (Phi) is 6.62. The first-order valence-corrected chi connectivity index (χ1v) is 8.95. The number of aliphatic imine (C=N–C) groups is 1. The van der Waals surface area contributed by atoms with E-state index < -0.39 is 0 Å². The highest BCUT2D eigenvalue weighted by atomic mass is 16.5. The fourth-order valence-electron chi connectivity index (χ4n) is 3.19. The fourth-order valence-corrected chi connectivity index (χ4v) is 3.19. The second kappa shape index (κ2) is 9.35. The molecule has 0 bridgehead atoms. The number of guanidine groups is 1. The van der Waals surface area contributed by atoms with Crippen LogP contribution >= 0.6 is 0 Å². The molecule has 140 valence electrons. The molecule has 1 fully saturated rings. The number of nitrogens with zero attached hydrogens (tertiary/aromatic N) is 4. The predicted octanol–water partition coefficient (Wildman–Crippen LogP) is 1.76. The van der Waals surface area contributed by atoms with Crippen molar-refractivity contribution in [2.24, 2.45) is 4.99 Å². The van der Waals surface area contributed by atoms with Gasteiger partial charge in [0.25, 0.3) is 0 Å². The predicted molar refractivity (Wildman–Crippen MR) is 101 cm³/mol. The van der Waals surface area contributed by atoms with Crippen LogP contribution in [0.4, 0.5) is 0 Å². The van der Waals surface area contributed by atoms with Gasteiger partial charge >= 0.3 is 0 Å². The second-order valence-electron chi connectivity index (χ2n) is 6.32. The van der Waals surface area contributed by atoms with E-state index in [1.807, 2.05) is 31.3 Å². The average molecular weight is 357 g/mol. The molecule has 0 aliphatic carbocycles. The Morgan fingerprint density at radius 2 is 2.00 bits per heavy atom. The monoisotopic (exact) mass is 357 g/mol. The van der Waals surface area contributed by atoms with Crippen molar-refractivity contribution in [3.05, 3.63) is 53.9 Å². The van der Waals surface area contributed by atoms with Gasteiger partial charge in [0.1, 0.15) is 6.26 Å². The van der Waals surface area contributed by atoms with Crippen LogP contribution in [0.5, 0.6) is 0 Å². The van der Waals surface area contributed by atoms with Gasteiger partial charge in [-0.15, -0.1) is 0 Å². The van der Waals surface area contributed by atoms with Crippen molar-refractivity contribution < 1.29 is 9.26 Å². The van der Waals surface area contributed by atoms with Crippen molar-refractivity contribution in [1.29, 1.82) is 0 Å². The molecule has 1 aromatic carbocycles. The molecule has 1 aliphatic rings. The number of benzene rings is 1. The van der Waals surface area contributed by atoms with Crippen molar-refractivity contribution in [2.45, 2.75) is 12.6 Å². The lowest BCUT2D eigenvalue weighted by Crippen LogP contribution is -2.52. The standard InChI is InChI=1S/C19H27N5O2/c1-20-19(21-14-18(25-2)16-6-4-3-5-7-16)24-11-9-23(10-12-24)15-17-8-13-26-22-17/h3-8,13,18H,9-12,14-15H2,1-2H3,(H,20,21). The molecule has 0 amide bonds. The van der Waals surface area contributed by atoms with E-state index in [1.165, 1.54) is 0 Å². The lowest BCUT2D eigenvalue weighted by atomic mass is 10.1. The SMILES string of the molecule is CN=C(NCC(OC)c1ccccc1)N1CCN(Cc2ccon2)CC1. The molecule has 3 rings (SSSR count). The molecule has 1 unspecified atom stereocenters. The number of hydrogen-bond acceptors (Lipinski definition) is 5. The van der Waals surface area contributed by atoms with Gasteiger partial charge in [0.05, 0.1) is 11.8 Å². The van der Waals surface area contributed by atoms with Crippen LogP contribution in [0.1, 0.15) is 17.4 Å².